The summed E-state index contributed by atoms with van der Waals surface area (Å²) in [5, 5.41) is 7.32. The van der Waals surface area contributed by atoms with Gasteiger partial charge in [0.2, 0.25) is 0 Å². The first kappa shape index (κ1) is 22.6. The number of hydrogen-bond acceptors (Lipinski definition) is 4. The number of ether oxygens (including phenoxy) is 1. The summed E-state index contributed by atoms with van der Waals surface area (Å²) >= 11 is 0. The first-order valence-electron chi connectivity index (χ1n) is 10.9. The van der Waals surface area contributed by atoms with Gasteiger partial charge in [-0.2, -0.15) is 0 Å². The molecule has 1 aromatic rings. The van der Waals surface area contributed by atoms with Crippen LogP contribution in [0.25, 0.3) is 0 Å². The van der Waals surface area contributed by atoms with Gasteiger partial charge in [0.25, 0.3) is 0 Å². The third kappa shape index (κ3) is 5.55. The van der Waals surface area contributed by atoms with E-state index in [0.29, 0.717) is 6.04 Å². The molecule has 1 unspecified atom stereocenters. The van der Waals surface area contributed by atoms with Gasteiger partial charge in [-0.05, 0) is 57.3 Å². The van der Waals surface area contributed by atoms with Crippen LogP contribution >= 0.6 is 24.0 Å². The molecule has 0 aliphatic carbocycles. The molecule has 3 aliphatic rings. The van der Waals surface area contributed by atoms with Crippen LogP contribution in [0.4, 0.5) is 5.69 Å². The molecule has 162 valence electrons. The van der Waals surface area contributed by atoms with Crippen molar-refractivity contribution in [3.8, 4) is 0 Å². The number of hydrogen-bond donors (Lipinski definition) is 2. The second kappa shape index (κ2) is 10.8. The Balaban J connectivity index is 0.00000240. The molecular formula is C22H36IN5O. The molecule has 6 nitrogen and oxygen atoms in total. The van der Waals surface area contributed by atoms with Crippen molar-refractivity contribution in [2.24, 2.45) is 4.99 Å². The van der Waals surface area contributed by atoms with Crippen LogP contribution < -0.4 is 15.5 Å². The highest BCUT2D eigenvalue weighted by atomic mass is 127. The highest BCUT2D eigenvalue weighted by Crippen LogP contribution is 2.30. The van der Waals surface area contributed by atoms with Crippen LogP contribution in [-0.2, 0) is 4.74 Å². The molecule has 3 fully saturated rings. The van der Waals surface area contributed by atoms with E-state index in [-0.39, 0.29) is 29.5 Å². The van der Waals surface area contributed by atoms with Gasteiger partial charge in [-0.3, -0.25) is 9.89 Å². The second-order valence-electron chi connectivity index (χ2n) is 8.37. The zero-order valence-electron chi connectivity index (χ0n) is 17.6. The van der Waals surface area contributed by atoms with Crippen molar-refractivity contribution < 1.29 is 4.74 Å². The van der Waals surface area contributed by atoms with Gasteiger partial charge in [0.1, 0.15) is 0 Å². The minimum Gasteiger partial charge on any atom is -0.381 e. The van der Waals surface area contributed by atoms with Crippen LogP contribution in [0.2, 0.25) is 0 Å². The minimum absolute atomic E-state index is 0. The topological polar surface area (TPSA) is 52.1 Å². The summed E-state index contributed by atoms with van der Waals surface area (Å²) in [5.74, 6) is 0.935. The molecule has 4 rings (SSSR count). The van der Waals surface area contributed by atoms with Gasteiger partial charge >= 0.3 is 0 Å². The quantitative estimate of drug-likeness (QED) is 0.361. The third-order valence-electron chi connectivity index (χ3n) is 6.66. The van der Waals surface area contributed by atoms with E-state index in [1.165, 1.54) is 31.6 Å². The summed E-state index contributed by atoms with van der Waals surface area (Å²) in [6.07, 6.45) is 6.02. The summed E-state index contributed by atoms with van der Waals surface area (Å²) in [4.78, 5) is 9.67. The summed E-state index contributed by atoms with van der Waals surface area (Å²) in [7, 11) is 1.88. The number of nitrogens with one attached hydrogen (secondary N) is 2. The number of rotatable bonds is 5. The zero-order valence-corrected chi connectivity index (χ0v) is 19.9. The molecule has 1 aromatic carbocycles. The van der Waals surface area contributed by atoms with Crippen molar-refractivity contribution in [3.63, 3.8) is 0 Å². The largest absolute Gasteiger partial charge is 0.381 e. The van der Waals surface area contributed by atoms with E-state index < -0.39 is 0 Å². The van der Waals surface area contributed by atoms with E-state index in [4.69, 9.17) is 4.74 Å². The van der Waals surface area contributed by atoms with E-state index in [0.717, 1.165) is 58.1 Å². The average Bonchev–Trinajstić information content (AvgIpc) is 3.45. The Morgan fingerprint density at radius 3 is 2.55 bits per heavy atom. The monoisotopic (exact) mass is 513 g/mol. The summed E-state index contributed by atoms with van der Waals surface area (Å²) in [5.41, 5.74) is 1.53. The van der Waals surface area contributed by atoms with Crippen LogP contribution in [0, 0.1) is 0 Å². The molecule has 0 bridgehead atoms. The molecular weight excluding hydrogens is 477 g/mol. The Morgan fingerprint density at radius 2 is 1.86 bits per heavy atom. The number of halogens is 1. The molecule has 7 heteroatoms. The Morgan fingerprint density at radius 1 is 1.14 bits per heavy atom. The van der Waals surface area contributed by atoms with E-state index >= 15 is 0 Å². The van der Waals surface area contributed by atoms with Crippen LogP contribution in [0.1, 0.15) is 32.1 Å². The number of guanidine groups is 1. The van der Waals surface area contributed by atoms with Gasteiger partial charge in [0.15, 0.2) is 5.96 Å². The van der Waals surface area contributed by atoms with E-state index in [2.05, 4.69) is 55.8 Å². The molecule has 0 radical (unpaired) electrons. The minimum atomic E-state index is 0. The predicted octanol–water partition coefficient (Wildman–Crippen LogP) is 2.69. The predicted molar refractivity (Wildman–Crippen MR) is 131 cm³/mol. The summed E-state index contributed by atoms with van der Waals surface area (Å²) < 4.78 is 5.67. The number of aliphatic imine (C=N–C) groups is 1. The maximum atomic E-state index is 5.67. The lowest BCUT2D eigenvalue weighted by Gasteiger charge is -2.45. The number of anilines is 1. The maximum absolute atomic E-state index is 5.67. The summed E-state index contributed by atoms with van der Waals surface area (Å²) in [6.45, 7) is 7.26. The summed E-state index contributed by atoms with van der Waals surface area (Å²) in [6, 6.07) is 11.1. The molecule has 0 amide bonds. The Kier molecular flexibility index (Phi) is 8.44. The standard InChI is InChI=1S/C22H35N5O.HI/c1-23-21(25-19-9-14-26(17-19)20-7-3-2-4-8-20)24-18-22(10-15-28-16-11-22)27-12-5-6-13-27;/h2-4,7-8,19H,5-6,9-18H2,1H3,(H2,23,24,25);1H. The lowest BCUT2D eigenvalue weighted by molar-refractivity contribution is -0.0164. The molecule has 3 saturated heterocycles. The maximum Gasteiger partial charge on any atom is 0.191 e. The van der Waals surface area contributed by atoms with E-state index in [1.807, 2.05) is 7.05 Å². The Bertz CT molecular complexity index is 644. The molecule has 3 heterocycles. The lowest BCUT2D eigenvalue weighted by Crippen LogP contribution is -2.59. The van der Waals surface area contributed by atoms with Crippen molar-refractivity contribution in [2.45, 2.75) is 43.7 Å². The zero-order chi connectivity index (χ0) is 19.2. The van der Waals surface area contributed by atoms with Crippen molar-refractivity contribution >= 4 is 35.6 Å². The number of likely N-dealkylation sites (tertiary alicyclic amines) is 1. The van der Waals surface area contributed by atoms with Gasteiger partial charge in [-0.15, -0.1) is 24.0 Å². The highest BCUT2D eigenvalue weighted by molar-refractivity contribution is 14.0. The fourth-order valence-corrected chi connectivity index (χ4v) is 4.94. The molecule has 29 heavy (non-hydrogen) atoms. The molecule has 0 spiro atoms. The lowest BCUT2D eigenvalue weighted by atomic mass is 9.88. The number of benzene rings is 1. The first-order chi connectivity index (χ1) is 13.8. The van der Waals surface area contributed by atoms with Gasteiger partial charge in [0, 0.05) is 57.2 Å². The SMILES string of the molecule is CN=C(NCC1(N2CCCC2)CCOCC1)NC1CCN(c2ccccc2)C1.I. The Hall–Kier alpha value is -1.06. The van der Waals surface area contributed by atoms with Gasteiger partial charge in [0.05, 0.1) is 0 Å². The molecule has 3 aliphatic heterocycles. The molecule has 1 atom stereocenters. The van der Waals surface area contributed by atoms with Crippen molar-refractivity contribution in [2.75, 3.05) is 57.9 Å². The van der Waals surface area contributed by atoms with Crippen LogP contribution in [0.5, 0.6) is 0 Å². The highest BCUT2D eigenvalue weighted by Gasteiger charge is 2.39. The Labute approximate surface area is 192 Å². The van der Waals surface area contributed by atoms with Crippen LogP contribution in [0.15, 0.2) is 35.3 Å². The first-order valence-corrected chi connectivity index (χ1v) is 10.9. The number of para-hydroxylation sites is 1. The molecule has 0 aromatic heterocycles. The van der Waals surface area contributed by atoms with E-state index in [9.17, 15) is 0 Å². The van der Waals surface area contributed by atoms with Crippen molar-refractivity contribution in [1.82, 2.24) is 15.5 Å². The fourth-order valence-electron chi connectivity index (χ4n) is 4.94. The van der Waals surface area contributed by atoms with Crippen LogP contribution in [-0.4, -0.2) is 75.4 Å². The molecule has 0 saturated carbocycles. The van der Waals surface area contributed by atoms with Gasteiger partial charge in [-0.1, -0.05) is 18.2 Å². The normalized spacial score (nSPS) is 24.9. The number of nitrogens with zero attached hydrogens (tertiary/aromatic N) is 3. The van der Waals surface area contributed by atoms with Crippen LogP contribution in [0.3, 0.4) is 0 Å². The van der Waals surface area contributed by atoms with Crippen molar-refractivity contribution in [3.05, 3.63) is 30.3 Å². The van der Waals surface area contributed by atoms with Crippen molar-refractivity contribution in [1.29, 1.82) is 0 Å². The smallest absolute Gasteiger partial charge is 0.191 e. The fraction of sp³-hybridized carbons (Fsp3) is 0.682. The molecule has 2 N–H and O–H groups in total. The van der Waals surface area contributed by atoms with E-state index in [1.54, 1.807) is 0 Å². The second-order valence-corrected chi connectivity index (χ2v) is 8.37. The van der Waals surface area contributed by atoms with Gasteiger partial charge in [-0.25, -0.2) is 0 Å². The third-order valence-corrected chi connectivity index (χ3v) is 6.66. The average molecular weight is 513 g/mol. The van der Waals surface area contributed by atoms with Gasteiger partial charge < -0.3 is 20.3 Å².